The molecule has 1 aromatic rings. The van der Waals surface area contributed by atoms with Crippen LogP contribution in [0.3, 0.4) is 0 Å². The minimum absolute atomic E-state index is 0.0560. The molecule has 1 aromatic carbocycles. The molecular formula is C9H8BrFO2. The molecular weight excluding hydrogens is 239 g/mol. The van der Waals surface area contributed by atoms with Crippen molar-refractivity contribution in [3.8, 4) is 0 Å². The van der Waals surface area contributed by atoms with Gasteiger partial charge in [-0.05, 0) is 18.6 Å². The van der Waals surface area contributed by atoms with Crippen molar-refractivity contribution in [1.82, 2.24) is 0 Å². The van der Waals surface area contributed by atoms with E-state index < -0.39 is 5.97 Å². The van der Waals surface area contributed by atoms with Gasteiger partial charge < -0.3 is 5.11 Å². The number of rotatable bonds is 3. The van der Waals surface area contributed by atoms with Crippen molar-refractivity contribution >= 4 is 21.9 Å². The summed E-state index contributed by atoms with van der Waals surface area (Å²) in [5, 5.41) is 8.42. The number of carboxylic acids is 1. The predicted molar refractivity (Wildman–Crippen MR) is 50.1 cm³/mol. The van der Waals surface area contributed by atoms with Crippen LogP contribution < -0.4 is 0 Å². The van der Waals surface area contributed by atoms with E-state index in [0.29, 0.717) is 10.0 Å². The Morgan fingerprint density at radius 3 is 2.77 bits per heavy atom. The monoisotopic (exact) mass is 246 g/mol. The van der Waals surface area contributed by atoms with E-state index in [2.05, 4.69) is 15.9 Å². The molecule has 70 valence electrons. The van der Waals surface area contributed by atoms with Crippen LogP contribution in [0.25, 0.3) is 0 Å². The van der Waals surface area contributed by atoms with Gasteiger partial charge in [-0.15, -0.1) is 0 Å². The third-order valence-corrected chi connectivity index (χ3v) is 2.39. The van der Waals surface area contributed by atoms with Crippen LogP contribution in [0, 0.1) is 5.82 Å². The van der Waals surface area contributed by atoms with E-state index in [1.165, 1.54) is 6.07 Å². The van der Waals surface area contributed by atoms with Gasteiger partial charge in [0.15, 0.2) is 0 Å². The molecule has 0 spiro atoms. The standard InChI is InChI=1S/C9H8BrFO2/c10-7-2-1-3-8(11)6(7)4-5-9(12)13/h1-3H,4-5H2,(H,12,13). The summed E-state index contributed by atoms with van der Waals surface area (Å²) >= 11 is 3.16. The molecule has 0 aliphatic carbocycles. The van der Waals surface area contributed by atoms with Gasteiger partial charge in [-0.2, -0.15) is 0 Å². The van der Waals surface area contributed by atoms with E-state index in [1.54, 1.807) is 12.1 Å². The van der Waals surface area contributed by atoms with Crippen LogP contribution in [0.1, 0.15) is 12.0 Å². The molecule has 1 N–H and O–H groups in total. The fourth-order valence-corrected chi connectivity index (χ4v) is 1.54. The molecule has 1 rings (SSSR count). The molecule has 0 radical (unpaired) electrons. The molecule has 0 unspecified atom stereocenters. The first-order chi connectivity index (χ1) is 6.11. The Morgan fingerprint density at radius 2 is 2.23 bits per heavy atom. The Kier molecular flexibility index (Phi) is 3.42. The third kappa shape index (κ3) is 2.81. The zero-order valence-corrected chi connectivity index (χ0v) is 8.34. The molecule has 0 amide bonds. The molecule has 2 nitrogen and oxygen atoms in total. The Bertz CT molecular complexity index is 305. The zero-order chi connectivity index (χ0) is 9.84. The van der Waals surface area contributed by atoms with E-state index in [4.69, 9.17) is 5.11 Å². The number of halogens is 2. The summed E-state index contributed by atoms with van der Waals surface area (Å²) in [6, 6.07) is 4.59. The van der Waals surface area contributed by atoms with E-state index in [0.717, 1.165) is 0 Å². The second kappa shape index (κ2) is 4.37. The molecule has 0 saturated carbocycles. The van der Waals surface area contributed by atoms with Crippen LogP contribution in [0.15, 0.2) is 22.7 Å². The molecule has 13 heavy (non-hydrogen) atoms. The van der Waals surface area contributed by atoms with Gasteiger partial charge in [0.05, 0.1) is 0 Å². The molecule has 0 saturated heterocycles. The molecule has 0 bridgehead atoms. The van der Waals surface area contributed by atoms with E-state index >= 15 is 0 Å². The lowest BCUT2D eigenvalue weighted by atomic mass is 10.1. The molecule has 0 aliphatic rings. The topological polar surface area (TPSA) is 37.3 Å². The Morgan fingerprint density at radius 1 is 1.54 bits per heavy atom. The van der Waals surface area contributed by atoms with E-state index in [-0.39, 0.29) is 18.7 Å². The van der Waals surface area contributed by atoms with Crippen LogP contribution in [0.4, 0.5) is 4.39 Å². The average molecular weight is 247 g/mol. The number of aliphatic carboxylic acids is 1. The first-order valence-corrected chi connectivity index (χ1v) is 4.55. The third-order valence-electron chi connectivity index (χ3n) is 1.65. The maximum Gasteiger partial charge on any atom is 0.303 e. The van der Waals surface area contributed by atoms with Crippen LogP contribution >= 0.6 is 15.9 Å². The number of hydrogen-bond acceptors (Lipinski definition) is 1. The van der Waals surface area contributed by atoms with E-state index in [9.17, 15) is 9.18 Å². The maximum atomic E-state index is 13.1. The van der Waals surface area contributed by atoms with Gasteiger partial charge >= 0.3 is 5.97 Å². The van der Waals surface area contributed by atoms with Gasteiger partial charge in [0.25, 0.3) is 0 Å². The van der Waals surface area contributed by atoms with Gasteiger partial charge in [-0.25, -0.2) is 4.39 Å². The smallest absolute Gasteiger partial charge is 0.303 e. The zero-order valence-electron chi connectivity index (χ0n) is 6.76. The Hall–Kier alpha value is -0.900. The second-order valence-electron chi connectivity index (χ2n) is 2.59. The molecule has 0 aliphatic heterocycles. The lowest BCUT2D eigenvalue weighted by Gasteiger charge is -2.03. The highest BCUT2D eigenvalue weighted by molar-refractivity contribution is 9.10. The summed E-state index contributed by atoms with van der Waals surface area (Å²) in [5.41, 5.74) is 0.421. The number of carboxylic acid groups (broad SMARTS) is 1. The van der Waals surface area contributed by atoms with Crippen molar-refractivity contribution in [2.75, 3.05) is 0 Å². The van der Waals surface area contributed by atoms with Gasteiger partial charge in [0.2, 0.25) is 0 Å². The van der Waals surface area contributed by atoms with Crippen LogP contribution in [0.5, 0.6) is 0 Å². The first-order valence-electron chi connectivity index (χ1n) is 3.76. The quantitative estimate of drug-likeness (QED) is 0.891. The van der Waals surface area contributed by atoms with Crippen molar-refractivity contribution in [3.63, 3.8) is 0 Å². The van der Waals surface area contributed by atoms with Crippen molar-refractivity contribution in [2.45, 2.75) is 12.8 Å². The lowest BCUT2D eigenvalue weighted by molar-refractivity contribution is -0.136. The second-order valence-corrected chi connectivity index (χ2v) is 3.45. The van der Waals surface area contributed by atoms with Gasteiger partial charge in [0.1, 0.15) is 5.82 Å². The number of carbonyl (C=O) groups is 1. The predicted octanol–water partition coefficient (Wildman–Crippen LogP) is 2.61. The highest BCUT2D eigenvalue weighted by Gasteiger charge is 2.07. The summed E-state index contributed by atoms with van der Waals surface area (Å²) in [5.74, 6) is -1.29. The number of benzene rings is 1. The van der Waals surface area contributed by atoms with E-state index in [1.807, 2.05) is 0 Å². The van der Waals surface area contributed by atoms with Crippen LogP contribution in [-0.2, 0) is 11.2 Å². The fraction of sp³-hybridized carbons (Fsp3) is 0.222. The SMILES string of the molecule is O=C(O)CCc1c(F)cccc1Br. The maximum absolute atomic E-state index is 13.1. The normalized spacial score (nSPS) is 10.0. The Balaban J connectivity index is 2.81. The van der Waals surface area contributed by atoms with Crippen LogP contribution in [0.2, 0.25) is 0 Å². The summed E-state index contributed by atoms with van der Waals surface area (Å²) in [6.07, 6.45) is 0.155. The summed E-state index contributed by atoms with van der Waals surface area (Å²) < 4.78 is 13.7. The van der Waals surface area contributed by atoms with Crippen molar-refractivity contribution in [3.05, 3.63) is 34.1 Å². The van der Waals surface area contributed by atoms with Gasteiger partial charge in [-0.1, -0.05) is 22.0 Å². The minimum Gasteiger partial charge on any atom is -0.481 e. The number of hydrogen-bond donors (Lipinski definition) is 1. The molecule has 0 heterocycles. The Labute approximate surface area is 83.5 Å². The molecule has 0 atom stereocenters. The fourth-order valence-electron chi connectivity index (χ4n) is 1.00. The van der Waals surface area contributed by atoms with Gasteiger partial charge in [-0.3, -0.25) is 4.79 Å². The highest BCUT2D eigenvalue weighted by atomic mass is 79.9. The summed E-state index contributed by atoms with van der Waals surface area (Å²) in [4.78, 5) is 10.3. The summed E-state index contributed by atoms with van der Waals surface area (Å²) in [7, 11) is 0. The lowest BCUT2D eigenvalue weighted by Crippen LogP contribution is -2.00. The summed E-state index contributed by atoms with van der Waals surface area (Å²) in [6.45, 7) is 0. The first kappa shape index (κ1) is 10.2. The van der Waals surface area contributed by atoms with Crippen molar-refractivity contribution < 1.29 is 14.3 Å². The average Bonchev–Trinajstić information content (AvgIpc) is 2.03. The molecule has 0 fully saturated rings. The largest absolute Gasteiger partial charge is 0.481 e. The van der Waals surface area contributed by atoms with Crippen molar-refractivity contribution in [1.29, 1.82) is 0 Å². The molecule has 4 heteroatoms. The minimum atomic E-state index is -0.921. The van der Waals surface area contributed by atoms with Crippen molar-refractivity contribution in [2.24, 2.45) is 0 Å². The van der Waals surface area contributed by atoms with Gasteiger partial charge in [0, 0.05) is 16.5 Å². The highest BCUT2D eigenvalue weighted by Crippen LogP contribution is 2.20. The van der Waals surface area contributed by atoms with Crippen LogP contribution in [-0.4, -0.2) is 11.1 Å². The molecule has 0 aromatic heterocycles.